The van der Waals surface area contributed by atoms with Crippen molar-refractivity contribution in [3.63, 3.8) is 0 Å². The predicted octanol–water partition coefficient (Wildman–Crippen LogP) is 0.722. The van der Waals surface area contributed by atoms with E-state index in [9.17, 15) is 8.42 Å². The second kappa shape index (κ2) is 7.29. The third-order valence-electron chi connectivity index (χ3n) is 4.95. The van der Waals surface area contributed by atoms with Gasteiger partial charge in [-0.3, -0.25) is 4.90 Å². The van der Waals surface area contributed by atoms with Crippen LogP contribution in [0, 0.1) is 0 Å². The zero-order chi connectivity index (χ0) is 17.2. The van der Waals surface area contributed by atoms with Crippen LogP contribution >= 0.6 is 0 Å². The molecule has 2 saturated heterocycles. The molecule has 3 rings (SSSR count). The van der Waals surface area contributed by atoms with Crippen LogP contribution in [0.2, 0.25) is 0 Å². The van der Waals surface area contributed by atoms with Crippen LogP contribution < -0.4 is 15.4 Å². The number of fused-ring (bicyclic) bond motifs is 2. The lowest BCUT2D eigenvalue weighted by Gasteiger charge is -2.35. The zero-order valence-electron chi connectivity index (χ0n) is 14.2. The van der Waals surface area contributed by atoms with Crippen molar-refractivity contribution in [2.75, 3.05) is 49.2 Å². The van der Waals surface area contributed by atoms with E-state index in [1.54, 1.807) is 0 Å². The highest BCUT2D eigenvalue weighted by molar-refractivity contribution is 7.91. The Morgan fingerprint density at radius 3 is 2.50 bits per heavy atom. The standard InChI is InChI=1S/C17H27N3O3S/c1-2-23-17-5-3-14(4-6-17)20-13-15-11-16(20)12-19(15)8-10-24(21,22)9-7-18/h3-6,15-16H,2,7-13,18H2,1H3. The Kier molecular flexibility index (Phi) is 5.32. The van der Waals surface area contributed by atoms with Gasteiger partial charge < -0.3 is 15.4 Å². The second-order valence-electron chi connectivity index (χ2n) is 6.56. The number of hydrogen-bond donors (Lipinski definition) is 1. The third kappa shape index (κ3) is 3.84. The van der Waals surface area contributed by atoms with Gasteiger partial charge in [-0.15, -0.1) is 0 Å². The molecule has 0 amide bonds. The van der Waals surface area contributed by atoms with Gasteiger partial charge in [-0.05, 0) is 37.6 Å². The number of hydrogen-bond acceptors (Lipinski definition) is 6. The van der Waals surface area contributed by atoms with Crippen molar-refractivity contribution in [1.29, 1.82) is 0 Å². The Bertz CT molecular complexity index is 648. The lowest BCUT2D eigenvalue weighted by Crippen LogP contribution is -2.47. The van der Waals surface area contributed by atoms with E-state index in [1.165, 1.54) is 5.69 Å². The largest absolute Gasteiger partial charge is 0.494 e. The normalized spacial score (nSPS) is 23.8. The number of likely N-dealkylation sites (tertiary alicyclic amines) is 1. The average molecular weight is 353 g/mol. The zero-order valence-corrected chi connectivity index (χ0v) is 15.0. The van der Waals surface area contributed by atoms with E-state index >= 15 is 0 Å². The molecule has 0 aliphatic carbocycles. The molecule has 2 heterocycles. The van der Waals surface area contributed by atoms with Gasteiger partial charge in [0.05, 0.1) is 18.1 Å². The Morgan fingerprint density at radius 2 is 1.92 bits per heavy atom. The maximum atomic E-state index is 11.8. The number of piperazine rings is 1. The molecule has 2 aliphatic rings. The summed E-state index contributed by atoms with van der Waals surface area (Å²) in [6.45, 7) is 5.40. The summed E-state index contributed by atoms with van der Waals surface area (Å²) in [6, 6.07) is 9.19. The molecule has 2 bridgehead atoms. The highest BCUT2D eigenvalue weighted by atomic mass is 32.2. The molecule has 2 unspecified atom stereocenters. The summed E-state index contributed by atoms with van der Waals surface area (Å²) >= 11 is 0. The van der Waals surface area contributed by atoms with Gasteiger partial charge in [0, 0.05) is 44.0 Å². The van der Waals surface area contributed by atoms with E-state index in [-0.39, 0.29) is 18.1 Å². The van der Waals surface area contributed by atoms with Crippen molar-refractivity contribution < 1.29 is 13.2 Å². The lowest BCUT2D eigenvalue weighted by molar-refractivity contribution is 0.252. The van der Waals surface area contributed by atoms with E-state index in [0.29, 0.717) is 25.2 Å². The maximum absolute atomic E-state index is 11.8. The van der Waals surface area contributed by atoms with Crippen molar-refractivity contribution in [3.8, 4) is 5.75 Å². The van der Waals surface area contributed by atoms with E-state index in [4.69, 9.17) is 10.5 Å². The molecule has 2 N–H and O–H groups in total. The molecule has 0 saturated carbocycles. The summed E-state index contributed by atoms with van der Waals surface area (Å²) in [5.74, 6) is 1.21. The third-order valence-corrected chi connectivity index (χ3v) is 6.61. The van der Waals surface area contributed by atoms with Gasteiger partial charge in [0.1, 0.15) is 5.75 Å². The first-order valence-corrected chi connectivity index (χ1v) is 10.5. The summed E-state index contributed by atoms with van der Waals surface area (Å²) < 4.78 is 29.2. The molecular weight excluding hydrogens is 326 g/mol. The summed E-state index contributed by atoms with van der Waals surface area (Å²) in [4.78, 5) is 4.76. The van der Waals surface area contributed by atoms with E-state index in [1.807, 2.05) is 19.1 Å². The first kappa shape index (κ1) is 17.5. The summed E-state index contributed by atoms with van der Waals surface area (Å²) in [6.07, 6.45) is 1.12. The molecule has 2 fully saturated rings. The van der Waals surface area contributed by atoms with Crippen molar-refractivity contribution in [3.05, 3.63) is 24.3 Å². The molecule has 6 nitrogen and oxygen atoms in total. The first-order chi connectivity index (χ1) is 11.5. The predicted molar refractivity (Wildman–Crippen MR) is 96.4 cm³/mol. The van der Waals surface area contributed by atoms with Crippen LogP contribution in [0.3, 0.4) is 0 Å². The molecule has 0 radical (unpaired) electrons. The quantitative estimate of drug-likeness (QED) is 0.742. The number of ether oxygens (including phenoxy) is 1. The van der Waals surface area contributed by atoms with Gasteiger partial charge in [0.25, 0.3) is 0 Å². The number of nitrogens with zero attached hydrogens (tertiary/aromatic N) is 2. The molecule has 134 valence electrons. The van der Waals surface area contributed by atoms with Crippen LogP contribution in [0.5, 0.6) is 5.75 Å². The Morgan fingerprint density at radius 1 is 1.17 bits per heavy atom. The maximum Gasteiger partial charge on any atom is 0.152 e. The number of sulfone groups is 1. The van der Waals surface area contributed by atoms with Crippen LogP contribution in [0.15, 0.2) is 24.3 Å². The van der Waals surface area contributed by atoms with Crippen molar-refractivity contribution in [2.45, 2.75) is 25.4 Å². The van der Waals surface area contributed by atoms with Crippen LogP contribution in [0.25, 0.3) is 0 Å². The summed E-state index contributed by atoms with van der Waals surface area (Å²) in [7, 11) is -3.01. The molecule has 24 heavy (non-hydrogen) atoms. The monoisotopic (exact) mass is 353 g/mol. The van der Waals surface area contributed by atoms with Crippen LogP contribution in [-0.2, 0) is 9.84 Å². The Labute approximate surface area is 144 Å². The number of nitrogens with two attached hydrogens (primary N) is 1. The van der Waals surface area contributed by atoms with Crippen molar-refractivity contribution >= 4 is 15.5 Å². The molecule has 1 aromatic carbocycles. The van der Waals surface area contributed by atoms with Crippen LogP contribution in [0.1, 0.15) is 13.3 Å². The fourth-order valence-corrected chi connectivity index (χ4v) is 4.85. The van der Waals surface area contributed by atoms with E-state index < -0.39 is 9.84 Å². The minimum Gasteiger partial charge on any atom is -0.494 e. The van der Waals surface area contributed by atoms with Crippen molar-refractivity contribution in [2.24, 2.45) is 5.73 Å². The molecule has 2 atom stereocenters. The number of benzene rings is 1. The summed E-state index contributed by atoms with van der Waals surface area (Å²) in [5, 5.41) is 0. The fraction of sp³-hybridized carbons (Fsp3) is 0.647. The second-order valence-corrected chi connectivity index (χ2v) is 8.86. The highest BCUT2D eigenvalue weighted by Gasteiger charge is 2.43. The highest BCUT2D eigenvalue weighted by Crippen LogP contribution is 2.35. The van der Waals surface area contributed by atoms with Crippen LogP contribution in [0.4, 0.5) is 5.69 Å². The van der Waals surface area contributed by atoms with E-state index in [0.717, 1.165) is 25.3 Å². The topological polar surface area (TPSA) is 75.9 Å². The molecule has 0 aromatic heterocycles. The minimum atomic E-state index is -3.01. The molecular formula is C17H27N3O3S. The Hall–Kier alpha value is -1.31. The number of anilines is 1. The molecule has 2 aliphatic heterocycles. The lowest BCUT2D eigenvalue weighted by atomic mass is 10.2. The van der Waals surface area contributed by atoms with Crippen LogP contribution in [-0.4, -0.2) is 69.7 Å². The number of rotatable bonds is 8. The molecule has 0 spiro atoms. The first-order valence-electron chi connectivity index (χ1n) is 8.66. The van der Waals surface area contributed by atoms with Crippen molar-refractivity contribution in [1.82, 2.24) is 4.90 Å². The Balaban J connectivity index is 1.55. The smallest absolute Gasteiger partial charge is 0.152 e. The average Bonchev–Trinajstić information content (AvgIpc) is 3.14. The van der Waals surface area contributed by atoms with E-state index in [2.05, 4.69) is 21.9 Å². The summed E-state index contributed by atoms with van der Waals surface area (Å²) in [5.41, 5.74) is 6.59. The van der Waals surface area contributed by atoms with Gasteiger partial charge in [0.2, 0.25) is 0 Å². The minimum absolute atomic E-state index is 0.0905. The fourth-order valence-electron chi connectivity index (χ4n) is 3.78. The molecule has 1 aromatic rings. The molecule has 7 heteroatoms. The SMILES string of the molecule is CCOc1ccc(N2CC3CC2CN3CCS(=O)(=O)CCN)cc1. The van der Waals surface area contributed by atoms with Gasteiger partial charge in [0.15, 0.2) is 9.84 Å². The van der Waals surface area contributed by atoms with Gasteiger partial charge in [-0.2, -0.15) is 0 Å². The van der Waals surface area contributed by atoms with Gasteiger partial charge in [-0.1, -0.05) is 0 Å². The van der Waals surface area contributed by atoms with Gasteiger partial charge in [-0.25, -0.2) is 8.42 Å². The van der Waals surface area contributed by atoms with Gasteiger partial charge >= 0.3 is 0 Å².